The molecule has 12 nitrogen and oxygen atoms in total. The van der Waals surface area contributed by atoms with Gasteiger partial charge in [-0.3, -0.25) is 29.0 Å². The maximum Gasteiger partial charge on any atom is 0.272 e. The first-order valence-electron chi connectivity index (χ1n) is 20.0. The van der Waals surface area contributed by atoms with Gasteiger partial charge < -0.3 is 20.4 Å². The van der Waals surface area contributed by atoms with Gasteiger partial charge in [0.1, 0.15) is 5.82 Å². The summed E-state index contributed by atoms with van der Waals surface area (Å²) in [4.78, 5) is 62.5. The first-order chi connectivity index (χ1) is 26.1. The number of benzene rings is 2. The lowest BCUT2D eigenvalue weighted by Gasteiger charge is -2.43. The van der Waals surface area contributed by atoms with E-state index in [9.17, 15) is 23.6 Å². The quantitative estimate of drug-likeness (QED) is 0.341. The van der Waals surface area contributed by atoms with Crippen LogP contribution in [0.3, 0.4) is 0 Å². The van der Waals surface area contributed by atoms with Crippen molar-refractivity contribution >= 4 is 28.5 Å². The van der Waals surface area contributed by atoms with Crippen molar-refractivity contribution in [1.29, 1.82) is 0 Å². The van der Waals surface area contributed by atoms with Crippen LogP contribution in [0.4, 0.5) is 4.39 Å². The topological polar surface area (TPSA) is 139 Å². The van der Waals surface area contributed by atoms with Gasteiger partial charge >= 0.3 is 0 Å². The van der Waals surface area contributed by atoms with E-state index in [0.29, 0.717) is 73.0 Å². The number of rotatable bonds is 9. The van der Waals surface area contributed by atoms with Gasteiger partial charge in [0, 0.05) is 70.2 Å². The monoisotopic (exact) mass is 742 g/mol. The zero-order chi connectivity index (χ0) is 37.8. The summed E-state index contributed by atoms with van der Waals surface area (Å²) in [6, 6.07) is 11.5. The maximum atomic E-state index is 15.0. The van der Waals surface area contributed by atoms with Crippen molar-refractivity contribution in [1.82, 2.24) is 34.7 Å². The van der Waals surface area contributed by atoms with Gasteiger partial charge in [0.15, 0.2) is 0 Å². The third kappa shape index (κ3) is 8.68. The molecule has 3 aromatic rings. The number of amides is 3. The van der Waals surface area contributed by atoms with Crippen molar-refractivity contribution in [2.45, 2.75) is 70.4 Å². The molecule has 7 rings (SSSR count). The predicted molar refractivity (Wildman–Crippen MR) is 205 cm³/mol. The predicted octanol–water partition coefficient (Wildman–Crippen LogP) is 3.09. The molecule has 1 aliphatic carbocycles. The van der Waals surface area contributed by atoms with Crippen LogP contribution in [0.15, 0.2) is 47.3 Å². The van der Waals surface area contributed by atoms with Crippen LogP contribution < -0.4 is 11.3 Å². The standard InChI is InChI=1S/C41H55FN8O4/c1-28-25-47(17-22-50(28)41(54)38(43)31-7-3-2-4-8-31)26-29-13-15-46(16-14-29)27-37(51)48-18-20-49(21-19-48)40(53)34-23-30(11-12-35(34)42)24-36-32-9-5-6-10-33(32)39(52)45-44-36/h5-6,9-12,23,28-29,31,38H,2-4,7-8,13-22,24-27,43H2,1H3,(H,45,52)/t28-,38+/m0/s1. The number of aromatic nitrogens is 2. The molecule has 0 spiro atoms. The summed E-state index contributed by atoms with van der Waals surface area (Å²) >= 11 is 0. The number of aromatic amines is 1. The Morgan fingerprint density at radius 3 is 2.30 bits per heavy atom. The number of fused-ring (bicyclic) bond motifs is 1. The fourth-order valence-corrected chi connectivity index (χ4v) is 9.07. The minimum Gasteiger partial charge on any atom is -0.338 e. The van der Waals surface area contributed by atoms with Crippen LogP contribution in [0.2, 0.25) is 0 Å². The van der Waals surface area contributed by atoms with Crippen LogP contribution in [0.5, 0.6) is 0 Å². The van der Waals surface area contributed by atoms with Crippen molar-refractivity contribution in [2.75, 3.05) is 72.0 Å². The molecule has 13 heteroatoms. The zero-order valence-corrected chi connectivity index (χ0v) is 31.6. The Kier molecular flexibility index (Phi) is 12.0. The molecule has 1 aromatic heterocycles. The van der Waals surface area contributed by atoms with Crippen molar-refractivity contribution in [3.8, 4) is 0 Å². The van der Waals surface area contributed by atoms with Gasteiger partial charge in [-0.25, -0.2) is 9.49 Å². The van der Waals surface area contributed by atoms with Gasteiger partial charge in [0.25, 0.3) is 11.5 Å². The number of nitrogens with one attached hydrogen (secondary N) is 1. The Hall–Kier alpha value is -4.20. The van der Waals surface area contributed by atoms with Crippen LogP contribution in [0.25, 0.3) is 10.8 Å². The Bertz CT molecular complexity index is 1870. The Morgan fingerprint density at radius 2 is 1.57 bits per heavy atom. The molecule has 3 N–H and O–H groups in total. The number of piperidine rings is 1. The van der Waals surface area contributed by atoms with Crippen molar-refractivity contribution in [3.05, 3.63) is 75.5 Å². The Labute approximate surface area is 316 Å². The van der Waals surface area contributed by atoms with Crippen LogP contribution in [0.1, 0.15) is 73.5 Å². The van der Waals surface area contributed by atoms with Crippen LogP contribution in [-0.4, -0.2) is 136 Å². The van der Waals surface area contributed by atoms with Gasteiger partial charge in [0.05, 0.1) is 29.2 Å². The summed E-state index contributed by atoms with van der Waals surface area (Å²) in [5, 5.41) is 8.00. The number of piperazine rings is 2. The number of H-pyrrole nitrogens is 1. The highest BCUT2D eigenvalue weighted by Gasteiger charge is 2.35. The number of likely N-dealkylation sites (tertiary alicyclic amines) is 1. The minimum absolute atomic E-state index is 0.00689. The van der Waals surface area contributed by atoms with Crippen molar-refractivity contribution in [2.24, 2.45) is 17.6 Å². The number of nitrogens with two attached hydrogens (primary N) is 1. The molecular weight excluding hydrogens is 688 g/mol. The zero-order valence-electron chi connectivity index (χ0n) is 31.6. The summed E-state index contributed by atoms with van der Waals surface area (Å²) in [5.41, 5.74) is 7.54. The normalized spacial score (nSPS) is 21.8. The SMILES string of the molecule is C[C@H]1CN(CC2CCN(CC(=O)N3CCN(C(=O)c4cc(Cc5n[nH]c(=O)c6ccccc56)ccc4F)CC3)CC2)CCN1C(=O)[C@H](N)C1CCCCC1. The van der Waals surface area contributed by atoms with Gasteiger partial charge in [-0.05, 0) is 81.3 Å². The van der Waals surface area contributed by atoms with E-state index in [1.807, 2.05) is 21.9 Å². The minimum atomic E-state index is -0.591. The van der Waals surface area contributed by atoms with Crippen molar-refractivity contribution in [3.63, 3.8) is 0 Å². The summed E-state index contributed by atoms with van der Waals surface area (Å²) in [6.07, 6.45) is 8.16. The molecule has 0 unspecified atom stereocenters. The molecule has 3 saturated heterocycles. The lowest BCUT2D eigenvalue weighted by molar-refractivity contribution is -0.139. The van der Waals surface area contributed by atoms with E-state index in [2.05, 4.69) is 26.9 Å². The second-order valence-corrected chi connectivity index (χ2v) is 16.0. The first-order valence-corrected chi connectivity index (χ1v) is 20.0. The van der Waals surface area contributed by atoms with Gasteiger partial charge in [-0.15, -0.1) is 0 Å². The third-order valence-electron chi connectivity index (χ3n) is 12.3. The largest absolute Gasteiger partial charge is 0.338 e. The number of nitrogens with zero attached hydrogens (tertiary/aromatic N) is 6. The molecule has 4 heterocycles. The van der Waals surface area contributed by atoms with E-state index in [4.69, 9.17) is 5.73 Å². The van der Waals surface area contributed by atoms with Gasteiger partial charge in [-0.2, -0.15) is 5.10 Å². The number of halogens is 1. The molecule has 4 aliphatic rings. The molecule has 4 fully saturated rings. The molecule has 54 heavy (non-hydrogen) atoms. The van der Waals surface area contributed by atoms with Crippen LogP contribution in [-0.2, 0) is 16.0 Å². The van der Waals surface area contributed by atoms with E-state index in [-0.39, 0.29) is 35.0 Å². The second kappa shape index (κ2) is 17.1. The highest BCUT2D eigenvalue weighted by atomic mass is 19.1. The summed E-state index contributed by atoms with van der Waals surface area (Å²) in [6.45, 7) is 9.27. The highest BCUT2D eigenvalue weighted by molar-refractivity contribution is 5.95. The molecule has 3 aliphatic heterocycles. The maximum absolute atomic E-state index is 15.0. The number of carbonyl (C=O) groups is 3. The first kappa shape index (κ1) is 38.1. The van der Waals surface area contributed by atoms with Crippen molar-refractivity contribution < 1.29 is 18.8 Å². The van der Waals surface area contributed by atoms with E-state index < -0.39 is 11.7 Å². The van der Waals surface area contributed by atoms with Gasteiger partial charge in [-0.1, -0.05) is 43.5 Å². The summed E-state index contributed by atoms with van der Waals surface area (Å²) in [7, 11) is 0. The molecule has 2 atom stereocenters. The van der Waals surface area contributed by atoms with E-state index in [1.54, 1.807) is 29.2 Å². The van der Waals surface area contributed by atoms with E-state index in [1.165, 1.54) is 25.3 Å². The third-order valence-corrected chi connectivity index (χ3v) is 12.3. The van der Waals surface area contributed by atoms with E-state index in [0.717, 1.165) is 65.0 Å². The lowest BCUT2D eigenvalue weighted by atomic mass is 9.83. The molecule has 2 aromatic carbocycles. The Balaban J connectivity index is 0.837. The fraction of sp³-hybridized carbons (Fsp3) is 0.585. The number of hydrogen-bond donors (Lipinski definition) is 2. The average molecular weight is 743 g/mol. The van der Waals surface area contributed by atoms with E-state index >= 15 is 0 Å². The molecule has 0 bridgehead atoms. The fourth-order valence-electron chi connectivity index (χ4n) is 9.07. The van der Waals surface area contributed by atoms with Crippen LogP contribution in [0, 0.1) is 17.7 Å². The molecule has 290 valence electrons. The van der Waals surface area contributed by atoms with Gasteiger partial charge in [0.2, 0.25) is 11.8 Å². The number of carbonyl (C=O) groups excluding carboxylic acids is 3. The van der Waals surface area contributed by atoms with Crippen LogP contribution >= 0.6 is 0 Å². The Morgan fingerprint density at radius 1 is 0.870 bits per heavy atom. The molecular formula is C41H55FN8O4. The molecule has 3 amide bonds. The molecule has 0 radical (unpaired) electrons. The second-order valence-electron chi connectivity index (χ2n) is 16.0. The number of hydrogen-bond acceptors (Lipinski definition) is 8. The average Bonchev–Trinajstić information content (AvgIpc) is 3.20. The smallest absolute Gasteiger partial charge is 0.272 e. The summed E-state index contributed by atoms with van der Waals surface area (Å²) < 4.78 is 15.0. The summed E-state index contributed by atoms with van der Waals surface area (Å²) in [5.74, 6) is 0.0991. The highest BCUT2D eigenvalue weighted by Crippen LogP contribution is 2.28. The molecule has 1 saturated carbocycles. The lowest BCUT2D eigenvalue weighted by Crippen LogP contribution is -2.59.